The van der Waals surface area contributed by atoms with Crippen LogP contribution < -0.4 is 15.2 Å². The first kappa shape index (κ1) is 12.8. The Morgan fingerprint density at radius 2 is 1.62 bits per heavy atom. The molecular weight excluding hydrogens is 204 g/mol. The Morgan fingerprint density at radius 1 is 1.12 bits per heavy atom. The number of nitrogens with zero attached hydrogens (tertiary/aromatic N) is 1. The van der Waals surface area contributed by atoms with Crippen LogP contribution in [0.1, 0.15) is 11.6 Å². The number of likely N-dealkylation sites (N-methyl/N-ethyl adjacent to an activating group) is 1. The van der Waals surface area contributed by atoms with Gasteiger partial charge in [-0.15, -0.1) is 0 Å². The van der Waals surface area contributed by atoms with Crippen molar-refractivity contribution in [3.8, 4) is 11.5 Å². The molecule has 0 heterocycles. The minimum absolute atomic E-state index is 0.170. The highest BCUT2D eigenvalue weighted by molar-refractivity contribution is 5.39. The van der Waals surface area contributed by atoms with Crippen LogP contribution >= 0.6 is 0 Å². The largest absolute Gasteiger partial charge is 0.497 e. The molecule has 90 valence electrons. The van der Waals surface area contributed by atoms with Crippen LogP contribution in [-0.4, -0.2) is 39.8 Å². The molecule has 0 saturated carbocycles. The van der Waals surface area contributed by atoms with Crippen LogP contribution in [0.5, 0.6) is 11.5 Å². The average Bonchev–Trinajstić information content (AvgIpc) is 2.29. The van der Waals surface area contributed by atoms with Gasteiger partial charge in [-0.05, 0) is 31.8 Å². The van der Waals surface area contributed by atoms with E-state index < -0.39 is 0 Å². The molecule has 0 fully saturated rings. The Morgan fingerprint density at radius 3 is 1.94 bits per heavy atom. The second-order valence-corrected chi connectivity index (χ2v) is 3.86. The van der Waals surface area contributed by atoms with Crippen LogP contribution in [0.2, 0.25) is 0 Å². The Hall–Kier alpha value is -1.26. The van der Waals surface area contributed by atoms with Crippen molar-refractivity contribution >= 4 is 0 Å². The van der Waals surface area contributed by atoms with Gasteiger partial charge in [0.05, 0.1) is 14.2 Å². The van der Waals surface area contributed by atoms with Crippen LogP contribution in [0.25, 0.3) is 0 Å². The molecule has 4 nitrogen and oxygen atoms in total. The lowest BCUT2D eigenvalue weighted by molar-refractivity contribution is 0.303. The number of benzene rings is 1. The van der Waals surface area contributed by atoms with E-state index in [1.807, 2.05) is 32.3 Å². The zero-order valence-corrected chi connectivity index (χ0v) is 10.4. The summed E-state index contributed by atoms with van der Waals surface area (Å²) < 4.78 is 10.5. The average molecular weight is 224 g/mol. The maximum Gasteiger partial charge on any atom is 0.122 e. The van der Waals surface area contributed by atoms with E-state index in [-0.39, 0.29) is 6.04 Å². The van der Waals surface area contributed by atoms with Gasteiger partial charge < -0.3 is 20.1 Å². The maximum atomic E-state index is 5.77. The third-order valence-corrected chi connectivity index (χ3v) is 2.61. The monoisotopic (exact) mass is 224 g/mol. The Bertz CT molecular complexity index is 318. The van der Waals surface area contributed by atoms with Crippen LogP contribution in [0, 0.1) is 0 Å². The van der Waals surface area contributed by atoms with Gasteiger partial charge in [0.15, 0.2) is 0 Å². The van der Waals surface area contributed by atoms with Crippen molar-refractivity contribution in [2.24, 2.45) is 5.73 Å². The van der Waals surface area contributed by atoms with Gasteiger partial charge in [0.2, 0.25) is 0 Å². The van der Waals surface area contributed by atoms with Gasteiger partial charge in [-0.2, -0.15) is 0 Å². The fraction of sp³-hybridized carbons (Fsp3) is 0.500. The predicted octanol–water partition coefficient (Wildman–Crippen LogP) is 1.27. The lowest BCUT2D eigenvalue weighted by Crippen LogP contribution is -2.27. The van der Waals surface area contributed by atoms with Gasteiger partial charge in [0.25, 0.3) is 0 Å². The standard InChI is InChI=1S/C12H20N2O2/c1-14(2)12(8-13)9-5-10(15-3)7-11(6-9)16-4/h5-7,12H,8,13H2,1-4H3. The van der Waals surface area contributed by atoms with E-state index in [0.29, 0.717) is 6.54 Å². The molecule has 2 N–H and O–H groups in total. The van der Waals surface area contributed by atoms with Gasteiger partial charge >= 0.3 is 0 Å². The zero-order valence-electron chi connectivity index (χ0n) is 10.4. The Kier molecular flexibility index (Phi) is 4.58. The molecule has 0 saturated heterocycles. The molecule has 0 radical (unpaired) electrons. The normalized spacial score (nSPS) is 12.6. The predicted molar refractivity (Wildman–Crippen MR) is 65.0 cm³/mol. The molecule has 1 atom stereocenters. The summed E-state index contributed by atoms with van der Waals surface area (Å²) in [5, 5.41) is 0. The van der Waals surface area contributed by atoms with Crippen LogP contribution in [-0.2, 0) is 0 Å². The first-order chi connectivity index (χ1) is 7.62. The van der Waals surface area contributed by atoms with Crippen molar-refractivity contribution in [2.75, 3.05) is 34.9 Å². The summed E-state index contributed by atoms with van der Waals surface area (Å²) in [6, 6.07) is 6.00. The number of nitrogens with two attached hydrogens (primary N) is 1. The molecule has 0 aliphatic heterocycles. The van der Waals surface area contributed by atoms with E-state index in [0.717, 1.165) is 17.1 Å². The first-order valence-corrected chi connectivity index (χ1v) is 5.21. The van der Waals surface area contributed by atoms with E-state index in [1.54, 1.807) is 14.2 Å². The number of ether oxygens (including phenoxy) is 2. The molecule has 0 amide bonds. The molecular formula is C12H20N2O2. The van der Waals surface area contributed by atoms with Gasteiger partial charge in [0.1, 0.15) is 11.5 Å². The summed E-state index contributed by atoms with van der Waals surface area (Å²) in [7, 11) is 7.30. The molecule has 1 rings (SSSR count). The van der Waals surface area contributed by atoms with E-state index in [9.17, 15) is 0 Å². The molecule has 0 aliphatic rings. The van der Waals surface area contributed by atoms with E-state index >= 15 is 0 Å². The molecule has 4 heteroatoms. The fourth-order valence-electron chi connectivity index (χ4n) is 1.67. The molecule has 1 aromatic rings. The molecule has 16 heavy (non-hydrogen) atoms. The van der Waals surface area contributed by atoms with Crippen LogP contribution in [0.15, 0.2) is 18.2 Å². The number of hydrogen-bond acceptors (Lipinski definition) is 4. The van der Waals surface area contributed by atoms with E-state index in [1.165, 1.54) is 0 Å². The number of rotatable bonds is 5. The second kappa shape index (κ2) is 5.72. The first-order valence-electron chi connectivity index (χ1n) is 5.21. The molecule has 1 aromatic carbocycles. The summed E-state index contributed by atoms with van der Waals surface area (Å²) in [5.41, 5.74) is 6.87. The third kappa shape index (κ3) is 2.87. The van der Waals surface area contributed by atoms with Gasteiger partial charge in [-0.1, -0.05) is 0 Å². The summed E-state index contributed by atoms with van der Waals surface area (Å²) in [6.07, 6.45) is 0. The van der Waals surface area contributed by atoms with Crippen LogP contribution in [0.4, 0.5) is 0 Å². The quantitative estimate of drug-likeness (QED) is 0.818. The van der Waals surface area contributed by atoms with Crippen molar-refractivity contribution in [2.45, 2.75) is 6.04 Å². The van der Waals surface area contributed by atoms with Crippen molar-refractivity contribution in [1.29, 1.82) is 0 Å². The topological polar surface area (TPSA) is 47.7 Å². The van der Waals surface area contributed by atoms with Gasteiger partial charge in [0, 0.05) is 18.7 Å². The minimum Gasteiger partial charge on any atom is -0.497 e. The summed E-state index contributed by atoms with van der Waals surface area (Å²) in [6.45, 7) is 0.559. The molecule has 1 unspecified atom stereocenters. The number of hydrogen-bond donors (Lipinski definition) is 1. The van der Waals surface area contributed by atoms with Gasteiger partial charge in [-0.3, -0.25) is 0 Å². The Balaban J connectivity index is 3.10. The van der Waals surface area contributed by atoms with Gasteiger partial charge in [-0.25, -0.2) is 0 Å². The maximum absolute atomic E-state index is 5.77. The minimum atomic E-state index is 0.170. The fourth-order valence-corrected chi connectivity index (χ4v) is 1.67. The SMILES string of the molecule is COc1cc(OC)cc(C(CN)N(C)C)c1. The molecule has 0 bridgehead atoms. The highest BCUT2D eigenvalue weighted by atomic mass is 16.5. The van der Waals surface area contributed by atoms with E-state index in [2.05, 4.69) is 4.90 Å². The lowest BCUT2D eigenvalue weighted by Gasteiger charge is -2.23. The summed E-state index contributed by atoms with van der Waals surface area (Å²) >= 11 is 0. The zero-order chi connectivity index (χ0) is 12.1. The summed E-state index contributed by atoms with van der Waals surface area (Å²) in [4.78, 5) is 2.08. The molecule has 0 aromatic heterocycles. The smallest absolute Gasteiger partial charge is 0.122 e. The molecule has 0 spiro atoms. The summed E-state index contributed by atoms with van der Waals surface area (Å²) in [5.74, 6) is 1.57. The lowest BCUT2D eigenvalue weighted by atomic mass is 10.1. The second-order valence-electron chi connectivity index (χ2n) is 3.86. The highest BCUT2D eigenvalue weighted by Crippen LogP contribution is 2.27. The van der Waals surface area contributed by atoms with Crippen molar-refractivity contribution in [3.63, 3.8) is 0 Å². The van der Waals surface area contributed by atoms with Crippen molar-refractivity contribution in [1.82, 2.24) is 4.90 Å². The van der Waals surface area contributed by atoms with Crippen molar-refractivity contribution in [3.05, 3.63) is 23.8 Å². The van der Waals surface area contributed by atoms with Crippen LogP contribution in [0.3, 0.4) is 0 Å². The molecule has 0 aliphatic carbocycles. The number of methoxy groups -OCH3 is 2. The van der Waals surface area contributed by atoms with E-state index in [4.69, 9.17) is 15.2 Å². The third-order valence-electron chi connectivity index (χ3n) is 2.61. The highest BCUT2D eigenvalue weighted by Gasteiger charge is 2.14. The Labute approximate surface area is 96.9 Å². The van der Waals surface area contributed by atoms with Crippen molar-refractivity contribution < 1.29 is 9.47 Å².